The van der Waals surface area contributed by atoms with Crippen molar-refractivity contribution in [2.75, 3.05) is 11.9 Å². The molecule has 0 spiro atoms. The monoisotopic (exact) mass is 231 g/mol. The van der Waals surface area contributed by atoms with Gasteiger partial charge in [0.25, 0.3) is 0 Å². The van der Waals surface area contributed by atoms with E-state index < -0.39 is 0 Å². The number of ketones is 1. The minimum Gasteiger partial charge on any atom is -0.379 e. The van der Waals surface area contributed by atoms with Crippen LogP contribution in [0.4, 0.5) is 0 Å². The SMILES string of the molecule is O=C=C1CC(C(=O)CBr)CCN1. The number of carbonyl (C=O) groups excluding carboxylic acids is 2. The first-order chi connectivity index (χ1) is 5.77. The fourth-order valence-electron chi connectivity index (χ4n) is 1.28. The van der Waals surface area contributed by atoms with Crippen molar-refractivity contribution in [3.8, 4) is 0 Å². The molecule has 4 heteroatoms. The molecule has 3 nitrogen and oxygen atoms in total. The highest BCUT2D eigenvalue weighted by molar-refractivity contribution is 9.09. The standard InChI is InChI=1S/C8H10BrNO2/c9-4-8(12)6-1-2-10-7(3-6)5-11/h6,10H,1-4H2. The van der Waals surface area contributed by atoms with Gasteiger partial charge >= 0.3 is 0 Å². The van der Waals surface area contributed by atoms with Gasteiger partial charge in [0.2, 0.25) is 0 Å². The van der Waals surface area contributed by atoms with Gasteiger partial charge in [-0.2, -0.15) is 0 Å². The maximum absolute atomic E-state index is 11.2. The fourth-order valence-corrected chi connectivity index (χ4v) is 1.74. The molecule has 0 saturated carbocycles. The number of piperidine rings is 1. The summed E-state index contributed by atoms with van der Waals surface area (Å²) in [4.78, 5) is 21.5. The Morgan fingerprint density at radius 2 is 2.50 bits per heavy atom. The number of hydrogen-bond acceptors (Lipinski definition) is 3. The van der Waals surface area contributed by atoms with Crippen molar-refractivity contribution in [1.82, 2.24) is 5.32 Å². The third-order valence-electron chi connectivity index (χ3n) is 1.99. The number of halogens is 1. The maximum atomic E-state index is 11.2. The largest absolute Gasteiger partial charge is 0.379 e. The molecule has 0 aromatic rings. The van der Waals surface area contributed by atoms with Crippen molar-refractivity contribution < 1.29 is 9.59 Å². The molecule has 1 fully saturated rings. The van der Waals surface area contributed by atoms with Crippen LogP contribution >= 0.6 is 15.9 Å². The quantitative estimate of drug-likeness (QED) is 0.562. The van der Waals surface area contributed by atoms with Crippen molar-refractivity contribution in [1.29, 1.82) is 0 Å². The summed E-state index contributed by atoms with van der Waals surface area (Å²) in [6.07, 6.45) is 1.34. The van der Waals surface area contributed by atoms with E-state index in [9.17, 15) is 9.59 Å². The molecule has 1 aliphatic rings. The van der Waals surface area contributed by atoms with Crippen LogP contribution in [0.3, 0.4) is 0 Å². The summed E-state index contributed by atoms with van der Waals surface area (Å²) in [5, 5.41) is 3.28. The zero-order valence-corrected chi connectivity index (χ0v) is 8.19. The van der Waals surface area contributed by atoms with Crippen LogP contribution in [0.1, 0.15) is 12.8 Å². The highest BCUT2D eigenvalue weighted by Crippen LogP contribution is 2.18. The highest BCUT2D eigenvalue weighted by Gasteiger charge is 2.22. The molecule has 1 atom stereocenters. The zero-order valence-electron chi connectivity index (χ0n) is 6.60. The molecule has 0 bridgehead atoms. The van der Waals surface area contributed by atoms with E-state index in [-0.39, 0.29) is 11.7 Å². The van der Waals surface area contributed by atoms with Gasteiger partial charge in [-0.05, 0) is 6.42 Å². The summed E-state index contributed by atoms with van der Waals surface area (Å²) in [6, 6.07) is 0. The average molecular weight is 232 g/mol. The van der Waals surface area contributed by atoms with Crippen LogP contribution in [0.2, 0.25) is 0 Å². The van der Waals surface area contributed by atoms with Gasteiger partial charge in [-0.15, -0.1) is 0 Å². The highest BCUT2D eigenvalue weighted by atomic mass is 79.9. The van der Waals surface area contributed by atoms with Gasteiger partial charge in [-0.3, -0.25) is 4.79 Å². The molecule has 1 rings (SSSR count). The van der Waals surface area contributed by atoms with E-state index in [1.807, 2.05) is 0 Å². The molecular formula is C8H10BrNO2. The molecule has 1 saturated heterocycles. The summed E-state index contributed by atoms with van der Waals surface area (Å²) >= 11 is 3.11. The van der Waals surface area contributed by atoms with E-state index in [1.54, 1.807) is 5.94 Å². The topological polar surface area (TPSA) is 46.2 Å². The average Bonchev–Trinajstić information content (AvgIpc) is 2.17. The maximum Gasteiger partial charge on any atom is 0.146 e. The molecule has 0 aliphatic carbocycles. The summed E-state index contributed by atoms with van der Waals surface area (Å²) in [5.41, 5.74) is 0.528. The third-order valence-corrected chi connectivity index (χ3v) is 2.54. The Kier molecular flexibility index (Phi) is 3.50. The first kappa shape index (κ1) is 9.49. The van der Waals surface area contributed by atoms with Gasteiger partial charge in [0, 0.05) is 18.9 Å². The molecule has 0 aromatic heterocycles. The second-order valence-electron chi connectivity index (χ2n) is 2.80. The summed E-state index contributed by atoms with van der Waals surface area (Å²) in [6.45, 7) is 0.702. The minimum atomic E-state index is 0.00192. The molecule has 1 N–H and O–H groups in total. The summed E-state index contributed by atoms with van der Waals surface area (Å²) < 4.78 is 0. The lowest BCUT2D eigenvalue weighted by molar-refractivity contribution is -0.120. The lowest BCUT2D eigenvalue weighted by Crippen LogP contribution is -2.31. The van der Waals surface area contributed by atoms with E-state index in [2.05, 4.69) is 21.2 Å². The van der Waals surface area contributed by atoms with Crippen LogP contribution < -0.4 is 5.32 Å². The van der Waals surface area contributed by atoms with Crippen LogP contribution in [0, 0.1) is 5.92 Å². The Labute approximate surface area is 79.3 Å². The molecule has 0 amide bonds. The first-order valence-electron chi connectivity index (χ1n) is 3.84. The number of rotatable bonds is 2. The molecule has 12 heavy (non-hydrogen) atoms. The fraction of sp³-hybridized carbons (Fsp3) is 0.625. The second kappa shape index (κ2) is 4.43. The van der Waals surface area contributed by atoms with Gasteiger partial charge in [-0.1, -0.05) is 15.9 Å². The van der Waals surface area contributed by atoms with Crippen molar-refractivity contribution in [2.45, 2.75) is 12.8 Å². The number of alkyl halides is 1. The molecule has 0 aromatic carbocycles. The van der Waals surface area contributed by atoms with Crippen LogP contribution in [0.15, 0.2) is 5.70 Å². The lowest BCUT2D eigenvalue weighted by Gasteiger charge is -2.21. The Morgan fingerprint density at radius 1 is 1.75 bits per heavy atom. The second-order valence-corrected chi connectivity index (χ2v) is 3.36. The Balaban J connectivity index is 2.57. The van der Waals surface area contributed by atoms with Crippen molar-refractivity contribution in [3.63, 3.8) is 0 Å². The molecule has 1 unspecified atom stereocenters. The number of Topliss-reactive ketones (excluding diaryl/α,β-unsaturated/α-hetero) is 1. The minimum absolute atomic E-state index is 0.00192. The normalized spacial score (nSPS) is 22.8. The predicted molar refractivity (Wildman–Crippen MR) is 48.7 cm³/mol. The Morgan fingerprint density at radius 3 is 3.08 bits per heavy atom. The smallest absolute Gasteiger partial charge is 0.146 e. The predicted octanol–water partition coefficient (Wildman–Crippen LogP) is 0.665. The van der Waals surface area contributed by atoms with Crippen LogP contribution in [0.25, 0.3) is 0 Å². The van der Waals surface area contributed by atoms with Gasteiger partial charge < -0.3 is 5.32 Å². The Bertz CT molecular complexity index is 233. The molecule has 0 radical (unpaired) electrons. The van der Waals surface area contributed by atoms with E-state index >= 15 is 0 Å². The van der Waals surface area contributed by atoms with Gasteiger partial charge in [0.05, 0.1) is 11.0 Å². The van der Waals surface area contributed by atoms with Gasteiger partial charge in [-0.25, -0.2) is 4.79 Å². The summed E-state index contributed by atoms with van der Waals surface area (Å²) in [5.74, 6) is 1.97. The van der Waals surface area contributed by atoms with E-state index in [0.717, 1.165) is 6.42 Å². The van der Waals surface area contributed by atoms with Gasteiger partial charge in [0.1, 0.15) is 11.7 Å². The van der Waals surface area contributed by atoms with Crippen LogP contribution in [0.5, 0.6) is 0 Å². The zero-order chi connectivity index (χ0) is 8.97. The lowest BCUT2D eigenvalue weighted by atomic mass is 9.93. The van der Waals surface area contributed by atoms with E-state index in [4.69, 9.17) is 0 Å². The number of hydrogen-bond donors (Lipinski definition) is 1. The van der Waals surface area contributed by atoms with Crippen LogP contribution in [-0.2, 0) is 9.59 Å². The molecule has 1 heterocycles. The molecule has 1 aliphatic heterocycles. The van der Waals surface area contributed by atoms with Gasteiger partial charge in [0.15, 0.2) is 0 Å². The number of carbonyl (C=O) groups is 1. The number of nitrogens with one attached hydrogen (secondary N) is 1. The molecule has 66 valence electrons. The first-order valence-corrected chi connectivity index (χ1v) is 4.96. The number of allylic oxidation sites excluding steroid dienone is 1. The van der Waals surface area contributed by atoms with Crippen molar-refractivity contribution in [3.05, 3.63) is 5.70 Å². The van der Waals surface area contributed by atoms with Crippen LogP contribution in [-0.4, -0.2) is 23.6 Å². The summed E-state index contributed by atoms with van der Waals surface area (Å²) in [7, 11) is 0. The van der Waals surface area contributed by atoms with Crippen molar-refractivity contribution >= 4 is 27.7 Å². The third kappa shape index (κ3) is 2.19. The Hall–Kier alpha value is -0.600. The molecular weight excluding hydrogens is 222 g/mol. The van der Waals surface area contributed by atoms with Crippen molar-refractivity contribution in [2.24, 2.45) is 5.92 Å². The van der Waals surface area contributed by atoms with E-state index in [0.29, 0.717) is 24.0 Å². The van der Waals surface area contributed by atoms with E-state index in [1.165, 1.54) is 0 Å².